The predicted octanol–water partition coefficient (Wildman–Crippen LogP) is 2.11. The number of anilines is 2. The number of para-hydroxylation sites is 3. The molecule has 3 rings (SSSR count). The molecule has 0 saturated carbocycles. The first kappa shape index (κ1) is 18.1. The van der Waals surface area contributed by atoms with E-state index in [4.69, 9.17) is 5.73 Å². The van der Waals surface area contributed by atoms with Crippen LogP contribution < -0.4 is 16.0 Å². The fraction of sp³-hybridized carbons (Fsp3) is 0.350. The fourth-order valence-electron chi connectivity index (χ4n) is 3.37. The van der Waals surface area contributed by atoms with Crippen LogP contribution >= 0.6 is 0 Å². The summed E-state index contributed by atoms with van der Waals surface area (Å²) in [7, 11) is 0. The SMILES string of the molecule is CC(CNc1ccccc1C(N)=O)N1CCN(c2ccccc2O)CC1. The normalized spacial score (nSPS) is 16.3. The minimum Gasteiger partial charge on any atom is -0.506 e. The van der Waals surface area contributed by atoms with Crippen molar-refractivity contribution in [1.82, 2.24) is 4.90 Å². The molecule has 4 N–H and O–H groups in total. The molecule has 1 atom stereocenters. The van der Waals surface area contributed by atoms with Crippen molar-refractivity contribution in [2.24, 2.45) is 5.73 Å². The number of amides is 1. The monoisotopic (exact) mass is 354 g/mol. The second-order valence-corrected chi connectivity index (χ2v) is 6.65. The molecule has 1 aliphatic rings. The van der Waals surface area contributed by atoms with Gasteiger partial charge in [-0.1, -0.05) is 24.3 Å². The van der Waals surface area contributed by atoms with Gasteiger partial charge in [-0.15, -0.1) is 0 Å². The number of phenolic OH excluding ortho intramolecular Hbond substituents is 1. The molecule has 0 aliphatic carbocycles. The Kier molecular flexibility index (Phi) is 5.63. The summed E-state index contributed by atoms with van der Waals surface area (Å²) in [5.74, 6) is -0.0873. The molecule has 0 bridgehead atoms. The molecule has 2 aromatic rings. The van der Waals surface area contributed by atoms with Crippen molar-refractivity contribution < 1.29 is 9.90 Å². The Morgan fingerprint density at radius 3 is 2.46 bits per heavy atom. The zero-order valence-electron chi connectivity index (χ0n) is 15.1. The first-order chi connectivity index (χ1) is 12.6. The number of nitrogens with two attached hydrogens (primary N) is 1. The molecule has 0 aromatic heterocycles. The predicted molar refractivity (Wildman–Crippen MR) is 105 cm³/mol. The van der Waals surface area contributed by atoms with Crippen LogP contribution in [0.15, 0.2) is 48.5 Å². The van der Waals surface area contributed by atoms with E-state index in [-0.39, 0.29) is 0 Å². The van der Waals surface area contributed by atoms with Crippen LogP contribution in [0.1, 0.15) is 17.3 Å². The maximum absolute atomic E-state index is 11.5. The van der Waals surface area contributed by atoms with Gasteiger partial charge in [-0.3, -0.25) is 9.69 Å². The Morgan fingerprint density at radius 2 is 1.77 bits per heavy atom. The van der Waals surface area contributed by atoms with Crippen molar-refractivity contribution in [3.8, 4) is 5.75 Å². The number of primary amides is 1. The summed E-state index contributed by atoms with van der Waals surface area (Å²) in [4.78, 5) is 16.1. The standard InChI is InChI=1S/C20H26N4O2/c1-15(14-22-17-7-3-2-6-16(17)20(21)26)23-10-12-24(13-11-23)18-8-4-5-9-19(18)25/h2-9,15,22,25H,10-14H2,1H3,(H2,21,26). The van der Waals surface area contributed by atoms with Gasteiger partial charge in [-0.25, -0.2) is 0 Å². The third kappa shape index (κ3) is 4.08. The Labute approximate surface area is 154 Å². The highest BCUT2D eigenvalue weighted by Gasteiger charge is 2.22. The Balaban J connectivity index is 1.54. The maximum Gasteiger partial charge on any atom is 0.250 e. The van der Waals surface area contributed by atoms with Gasteiger partial charge < -0.3 is 21.1 Å². The van der Waals surface area contributed by atoms with E-state index in [2.05, 4.69) is 22.0 Å². The average molecular weight is 354 g/mol. The van der Waals surface area contributed by atoms with Crippen LogP contribution in [-0.2, 0) is 0 Å². The zero-order valence-corrected chi connectivity index (χ0v) is 15.1. The molecule has 6 nitrogen and oxygen atoms in total. The highest BCUT2D eigenvalue weighted by molar-refractivity contribution is 5.98. The fourth-order valence-corrected chi connectivity index (χ4v) is 3.37. The summed E-state index contributed by atoms with van der Waals surface area (Å²) in [6, 6.07) is 15.1. The molecule has 26 heavy (non-hydrogen) atoms. The molecular formula is C20H26N4O2. The van der Waals surface area contributed by atoms with Crippen molar-refractivity contribution in [2.75, 3.05) is 42.9 Å². The number of piperazine rings is 1. The second kappa shape index (κ2) is 8.10. The number of hydrogen-bond acceptors (Lipinski definition) is 5. The van der Waals surface area contributed by atoms with Crippen LogP contribution in [0.5, 0.6) is 5.75 Å². The van der Waals surface area contributed by atoms with Gasteiger partial charge in [-0.2, -0.15) is 0 Å². The lowest BCUT2D eigenvalue weighted by Crippen LogP contribution is -2.51. The smallest absolute Gasteiger partial charge is 0.250 e. The van der Waals surface area contributed by atoms with Crippen LogP contribution in [0, 0.1) is 0 Å². The summed E-state index contributed by atoms with van der Waals surface area (Å²) in [6.07, 6.45) is 0. The van der Waals surface area contributed by atoms with Gasteiger partial charge in [0.25, 0.3) is 5.91 Å². The highest BCUT2D eigenvalue weighted by Crippen LogP contribution is 2.27. The minimum absolute atomic E-state index is 0.322. The molecule has 1 heterocycles. The summed E-state index contributed by atoms with van der Waals surface area (Å²) in [6.45, 7) is 6.51. The van der Waals surface area contributed by atoms with Crippen molar-refractivity contribution in [3.05, 3.63) is 54.1 Å². The number of benzene rings is 2. The lowest BCUT2D eigenvalue weighted by atomic mass is 10.1. The van der Waals surface area contributed by atoms with Crippen molar-refractivity contribution in [3.63, 3.8) is 0 Å². The topological polar surface area (TPSA) is 81.8 Å². The van der Waals surface area contributed by atoms with E-state index >= 15 is 0 Å². The van der Waals surface area contributed by atoms with Crippen molar-refractivity contribution in [2.45, 2.75) is 13.0 Å². The van der Waals surface area contributed by atoms with E-state index in [1.807, 2.05) is 36.4 Å². The summed E-state index contributed by atoms with van der Waals surface area (Å²) < 4.78 is 0. The Hall–Kier alpha value is -2.73. The highest BCUT2D eigenvalue weighted by atomic mass is 16.3. The van der Waals surface area contributed by atoms with Gasteiger partial charge in [0.2, 0.25) is 0 Å². The van der Waals surface area contributed by atoms with Gasteiger partial charge in [0.1, 0.15) is 5.75 Å². The van der Waals surface area contributed by atoms with Gasteiger partial charge >= 0.3 is 0 Å². The largest absolute Gasteiger partial charge is 0.506 e. The quantitative estimate of drug-likeness (QED) is 0.740. The van der Waals surface area contributed by atoms with Crippen LogP contribution in [0.2, 0.25) is 0 Å². The number of carbonyl (C=O) groups is 1. The molecule has 1 unspecified atom stereocenters. The molecule has 1 fully saturated rings. The van der Waals surface area contributed by atoms with Gasteiger partial charge in [0.05, 0.1) is 11.3 Å². The number of nitrogens with one attached hydrogen (secondary N) is 1. The molecular weight excluding hydrogens is 328 g/mol. The summed E-state index contributed by atoms with van der Waals surface area (Å²) >= 11 is 0. The zero-order chi connectivity index (χ0) is 18.5. The molecule has 138 valence electrons. The number of aromatic hydroxyl groups is 1. The first-order valence-corrected chi connectivity index (χ1v) is 8.96. The molecule has 2 aromatic carbocycles. The van der Waals surface area contributed by atoms with E-state index in [1.165, 1.54) is 0 Å². The third-order valence-corrected chi connectivity index (χ3v) is 4.94. The lowest BCUT2D eigenvalue weighted by Gasteiger charge is -2.39. The van der Waals surface area contributed by atoms with Crippen LogP contribution in [0.3, 0.4) is 0 Å². The number of phenols is 1. The van der Waals surface area contributed by atoms with E-state index in [0.29, 0.717) is 17.4 Å². The van der Waals surface area contributed by atoms with Gasteiger partial charge in [-0.05, 0) is 31.2 Å². The number of carbonyl (C=O) groups excluding carboxylic acids is 1. The van der Waals surface area contributed by atoms with Crippen molar-refractivity contribution in [1.29, 1.82) is 0 Å². The van der Waals surface area contributed by atoms with E-state index in [1.54, 1.807) is 12.1 Å². The minimum atomic E-state index is -0.419. The van der Waals surface area contributed by atoms with Gasteiger partial charge in [0.15, 0.2) is 0 Å². The molecule has 6 heteroatoms. The van der Waals surface area contributed by atoms with Crippen LogP contribution in [0.4, 0.5) is 11.4 Å². The van der Waals surface area contributed by atoms with Gasteiger partial charge in [0, 0.05) is 44.5 Å². The van der Waals surface area contributed by atoms with Crippen LogP contribution in [-0.4, -0.2) is 54.7 Å². The number of nitrogens with zero attached hydrogens (tertiary/aromatic N) is 2. The van der Waals surface area contributed by atoms with E-state index in [9.17, 15) is 9.90 Å². The summed E-state index contributed by atoms with van der Waals surface area (Å²) in [5.41, 5.74) is 7.62. The van der Waals surface area contributed by atoms with Crippen molar-refractivity contribution >= 4 is 17.3 Å². The first-order valence-electron chi connectivity index (χ1n) is 8.96. The molecule has 0 radical (unpaired) electrons. The third-order valence-electron chi connectivity index (χ3n) is 4.94. The molecule has 1 amide bonds. The Bertz CT molecular complexity index is 757. The molecule has 1 saturated heterocycles. The van der Waals surface area contributed by atoms with E-state index < -0.39 is 5.91 Å². The summed E-state index contributed by atoms with van der Waals surface area (Å²) in [5, 5.41) is 13.4. The maximum atomic E-state index is 11.5. The lowest BCUT2D eigenvalue weighted by molar-refractivity contribution is 0.100. The van der Waals surface area contributed by atoms with E-state index in [0.717, 1.165) is 44.1 Å². The average Bonchev–Trinajstić information content (AvgIpc) is 2.67. The van der Waals surface area contributed by atoms with Crippen LogP contribution in [0.25, 0.3) is 0 Å². The number of hydrogen-bond donors (Lipinski definition) is 3. The molecule has 1 aliphatic heterocycles. The Morgan fingerprint density at radius 1 is 1.12 bits per heavy atom. The number of rotatable bonds is 6. The second-order valence-electron chi connectivity index (χ2n) is 6.65. The molecule has 0 spiro atoms.